The summed E-state index contributed by atoms with van der Waals surface area (Å²) >= 11 is 0. The summed E-state index contributed by atoms with van der Waals surface area (Å²) in [5, 5.41) is 0. The van der Waals surface area contributed by atoms with Gasteiger partial charge in [-0.3, -0.25) is 9.80 Å². The van der Waals surface area contributed by atoms with Gasteiger partial charge in [0.05, 0.1) is 6.10 Å². The second-order valence-electron chi connectivity index (χ2n) is 7.94. The maximum absolute atomic E-state index is 12.0. The number of piperazine rings is 1. The highest BCUT2D eigenvalue weighted by atomic mass is 35.5. The number of carbonyl (C=O) groups is 1. The number of hydrogen-bond acceptors (Lipinski definition) is 4. The van der Waals surface area contributed by atoms with Gasteiger partial charge in [0.1, 0.15) is 0 Å². The monoisotopic (exact) mass is 389 g/mol. The average molecular weight is 390 g/mol. The van der Waals surface area contributed by atoms with Crippen LogP contribution in [0.1, 0.15) is 65.7 Å². The van der Waals surface area contributed by atoms with Crippen LogP contribution in [-0.4, -0.2) is 78.8 Å². The Labute approximate surface area is 166 Å². The molecule has 1 amide bonds. The number of rotatable bonds is 8. The van der Waals surface area contributed by atoms with Gasteiger partial charge in [-0.25, -0.2) is 4.79 Å². The van der Waals surface area contributed by atoms with Crippen LogP contribution >= 0.6 is 12.4 Å². The fourth-order valence-electron chi connectivity index (χ4n) is 3.98. The van der Waals surface area contributed by atoms with Gasteiger partial charge in [-0.15, -0.1) is 12.4 Å². The Morgan fingerprint density at radius 2 is 1.73 bits per heavy atom. The Hall–Kier alpha value is -0.520. The number of carbonyl (C=O) groups excluding carboxylic acids is 1. The van der Waals surface area contributed by atoms with Crippen LogP contribution in [0.2, 0.25) is 0 Å². The summed E-state index contributed by atoms with van der Waals surface area (Å²) in [5.41, 5.74) is 0. The molecule has 1 aliphatic heterocycles. The minimum atomic E-state index is -0.151. The molecule has 0 aromatic carbocycles. The number of amides is 1. The first-order valence-electron chi connectivity index (χ1n) is 10.5. The second kappa shape index (κ2) is 12.8. The number of ether oxygens (including phenoxy) is 1. The Morgan fingerprint density at radius 3 is 2.31 bits per heavy atom. The summed E-state index contributed by atoms with van der Waals surface area (Å²) in [6.45, 7) is 13.2. The quantitative estimate of drug-likeness (QED) is 0.628. The van der Waals surface area contributed by atoms with E-state index in [1.807, 2.05) is 18.7 Å². The van der Waals surface area contributed by atoms with Gasteiger partial charge < -0.3 is 9.64 Å². The maximum Gasteiger partial charge on any atom is 0.410 e. The summed E-state index contributed by atoms with van der Waals surface area (Å²) in [7, 11) is 0. The van der Waals surface area contributed by atoms with Gasteiger partial charge in [0, 0.05) is 45.3 Å². The first-order valence-corrected chi connectivity index (χ1v) is 10.5. The smallest absolute Gasteiger partial charge is 0.410 e. The number of nitrogens with zero attached hydrogens (tertiary/aromatic N) is 3. The number of hydrogen-bond donors (Lipinski definition) is 0. The van der Waals surface area contributed by atoms with Crippen molar-refractivity contribution in [2.75, 3.05) is 45.8 Å². The van der Waals surface area contributed by atoms with E-state index in [0.717, 1.165) is 38.8 Å². The molecule has 154 valence electrons. The van der Waals surface area contributed by atoms with Crippen molar-refractivity contribution in [2.24, 2.45) is 0 Å². The maximum atomic E-state index is 12.0. The molecular formula is C20H40ClN3O2. The molecule has 6 heteroatoms. The molecule has 2 rings (SSSR count). The molecule has 0 unspecified atom stereocenters. The van der Waals surface area contributed by atoms with Crippen LogP contribution in [0.15, 0.2) is 0 Å². The van der Waals surface area contributed by atoms with Crippen molar-refractivity contribution < 1.29 is 9.53 Å². The first kappa shape index (κ1) is 23.5. The van der Waals surface area contributed by atoms with Gasteiger partial charge in [0.25, 0.3) is 0 Å². The van der Waals surface area contributed by atoms with Gasteiger partial charge in [-0.05, 0) is 39.7 Å². The minimum Gasteiger partial charge on any atom is -0.447 e. The molecule has 26 heavy (non-hydrogen) atoms. The van der Waals surface area contributed by atoms with Crippen LogP contribution < -0.4 is 0 Å². The molecule has 1 aliphatic carbocycles. The van der Waals surface area contributed by atoms with Gasteiger partial charge in [0.15, 0.2) is 0 Å². The topological polar surface area (TPSA) is 36.0 Å². The SMILES string of the molecule is CCCCN(CCN1CCN(C(=O)OC(C)C)CC1)C1CCCCC1.Cl. The normalized spacial score (nSPS) is 19.7. The Kier molecular flexibility index (Phi) is 11.6. The molecule has 0 radical (unpaired) electrons. The molecule has 1 saturated heterocycles. The zero-order valence-corrected chi connectivity index (χ0v) is 17.9. The third-order valence-electron chi connectivity index (χ3n) is 5.56. The fourth-order valence-corrected chi connectivity index (χ4v) is 3.98. The van der Waals surface area contributed by atoms with Crippen molar-refractivity contribution >= 4 is 18.5 Å². The zero-order chi connectivity index (χ0) is 18.1. The molecule has 0 N–H and O–H groups in total. The summed E-state index contributed by atoms with van der Waals surface area (Å²) in [4.78, 5) is 19.1. The van der Waals surface area contributed by atoms with Gasteiger partial charge in [0.2, 0.25) is 0 Å². The molecule has 0 aromatic rings. The fraction of sp³-hybridized carbons (Fsp3) is 0.950. The second-order valence-corrected chi connectivity index (χ2v) is 7.94. The molecule has 0 atom stereocenters. The van der Waals surface area contributed by atoms with E-state index in [2.05, 4.69) is 16.7 Å². The van der Waals surface area contributed by atoms with Crippen molar-refractivity contribution in [3.63, 3.8) is 0 Å². The number of halogens is 1. The van der Waals surface area contributed by atoms with E-state index < -0.39 is 0 Å². The molecule has 1 saturated carbocycles. The average Bonchev–Trinajstić information content (AvgIpc) is 2.62. The molecular weight excluding hydrogens is 350 g/mol. The highest BCUT2D eigenvalue weighted by molar-refractivity contribution is 5.85. The lowest BCUT2D eigenvalue weighted by Gasteiger charge is -2.38. The van der Waals surface area contributed by atoms with Crippen molar-refractivity contribution in [1.82, 2.24) is 14.7 Å². The van der Waals surface area contributed by atoms with E-state index in [1.165, 1.54) is 58.0 Å². The molecule has 0 bridgehead atoms. The summed E-state index contributed by atoms with van der Waals surface area (Å²) in [6.07, 6.45) is 9.41. The van der Waals surface area contributed by atoms with Gasteiger partial charge in [-0.1, -0.05) is 32.6 Å². The summed E-state index contributed by atoms with van der Waals surface area (Å²) < 4.78 is 5.31. The highest BCUT2D eigenvalue weighted by Crippen LogP contribution is 2.23. The van der Waals surface area contributed by atoms with E-state index in [4.69, 9.17) is 4.74 Å². The zero-order valence-electron chi connectivity index (χ0n) is 17.1. The first-order chi connectivity index (χ1) is 12.1. The van der Waals surface area contributed by atoms with Crippen LogP contribution in [0.3, 0.4) is 0 Å². The van der Waals surface area contributed by atoms with Crippen molar-refractivity contribution in [3.8, 4) is 0 Å². The Balaban J connectivity index is 0.00000338. The lowest BCUT2D eigenvalue weighted by molar-refractivity contribution is 0.0528. The Morgan fingerprint density at radius 1 is 1.08 bits per heavy atom. The minimum absolute atomic E-state index is 0. The van der Waals surface area contributed by atoms with Crippen LogP contribution in [0.4, 0.5) is 4.79 Å². The molecule has 5 nitrogen and oxygen atoms in total. The van der Waals surface area contributed by atoms with Crippen LogP contribution in [0.5, 0.6) is 0 Å². The predicted octanol–water partition coefficient (Wildman–Crippen LogP) is 4.01. The third-order valence-corrected chi connectivity index (χ3v) is 5.56. The largest absolute Gasteiger partial charge is 0.447 e. The molecule has 0 aromatic heterocycles. The predicted molar refractivity (Wildman–Crippen MR) is 110 cm³/mol. The van der Waals surface area contributed by atoms with E-state index in [-0.39, 0.29) is 24.6 Å². The molecule has 2 fully saturated rings. The van der Waals surface area contributed by atoms with E-state index in [0.29, 0.717) is 0 Å². The molecule has 1 heterocycles. The Bertz CT molecular complexity index is 381. The van der Waals surface area contributed by atoms with Gasteiger partial charge >= 0.3 is 6.09 Å². The van der Waals surface area contributed by atoms with Gasteiger partial charge in [-0.2, -0.15) is 0 Å². The highest BCUT2D eigenvalue weighted by Gasteiger charge is 2.25. The standard InChI is InChI=1S/C20H39N3O2.ClH/c1-4-5-11-22(19-9-7-6-8-10-19)15-12-21-13-16-23(17-14-21)20(24)25-18(2)3;/h18-19H,4-17H2,1-3H3;1H. The van der Waals surface area contributed by atoms with E-state index in [9.17, 15) is 4.79 Å². The van der Waals surface area contributed by atoms with Crippen molar-refractivity contribution in [1.29, 1.82) is 0 Å². The van der Waals surface area contributed by atoms with Crippen molar-refractivity contribution in [2.45, 2.75) is 77.9 Å². The molecule has 0 spiro atoms. The number of unbranched alkanes of at least 4 members (excludes halogenated alkanes) is 1. The van der Waals surface area contributed by atoms with Crippen LogP contribution in [0.25, 0.3) is 0 Å². The van der Waals surface area contributed by atoms with Crippen molar-refractivity contribution in [3.05, 3.63) is 0 Å². The third kappa shape index (κ3) is 8.01. The lowest BCUT2D eigenvalue weighted by Crippen LogP contribution is -2.51. The van der Waals surface area contributed by atoms with Crippen LogP contribution in [-0.2, 0) is 4.74 Å². The van der Waals surface area contributed by atoms with E-state index >= 15 is 0 Å². The lowest BCUT2D eigenvalue weighted by atomic mass is 9.94. The summed E-state index contributed by atoms with van der Waals surface area (Å²) in [5.74, 6) is 0. The van der Waals surface area contributed by atoms with Crippen LogP contribution in [0, 0.1) is 0 Å². The van der Waals surface area contributed by atoms with E-state index in [1.54, 1.807) is 0 Å². The summed E-state index contributed by atoms with van der Waals surface area (Å²) in [6, 6.07) is 0.808. The molecule has 2 aliphatic rings.